The second-order valence-corrected chi connectivity index (χ2v) is 46.6. The highest BCUT2D eigenvalue weighted by Crippen LogP contribution is 2.45. The van der Waals surface area contributed by atoms with Crippen LogP contribution in [0.25, 0.3) is 60.1 Å². The SMILES string of the molecule is CC(C)(C)OC(=O)N1CC=C(B2OC(C)(C)C(C)(C)O2)CC1.CC(C)(C)OC(=O)N1CC=C(c2cc(Cl)cc3c2cnn3C2CCCCO2)CC1.CC(C)(C)OC(=O)N1CCC(c2cc(Cl)cc3c2cnn3C2CCCCO2)CC1.CS(=O)(=O)Cl.Clc1cc(Br)c2cn[nH]c2c1.Clc1cc(Br)c2cnn(C3CCCCO3)c2c1.Clc1cc(C2CCCCC2)c2cnn(C3CCCCO3)c2c1. The monoisotopic (exact) mass is 2120 g/mol. The fourth-order valence-electron chi connectivity index (χ4n) is 17.9. The highest BCUT2D eigenvalue weighted by Gasteiger charge is 2.53. The molecular formula is C98H128BBr2Cl6N13O14S. The largest absolute Gasteiger partial charge is 0.490 e. The first kappa shape index (κ1) is 106. The van der Waals surface area contributed by atoms with Gasteiger partial charge >= 0.3 is 25.4 Å². The third-order valence-corrected chi connectivity index (χ3v) is 27.6. The number of hydrogen-bond acceptors (Lipinski definition) is 19. The van der Waals surface area contributed by atoms with E-state index in [9.17, 15) is 22.8 Å². The maximum Gasteiger partial charge on any atom is 0.490 e. The molecule has 6 saturated heterocycles. The molecule has 8 aliphatic heterocycles. The smallest absolute Gasteiger partial charge is 0.444 e. The van der Waals surface area contributed by atoms with Crippen LogP contribution in [0.2, 0.25) is 25.1 Å². The number of likely N-dealkylation sites (tertiary alicyclic amines) is 1. The molecule has 1 aliphatic carbocycles. The molecule has 4 atom stereocenters. The van der Waals surface area contributed by atoms with E-state index in [1.807, 2.05) is 193 Å². The summed E-state index contributed by atoms with van der Waals surface area (Å²) in [5, 5.41) is 34.3. The third-order valence-electron chi connectivity index (χ3n) is 25.2. The molecule has 5 aromatic carbocycles. The number of halogens is 8. The number of fused-ring (bicyclic) bond motifs is 5. The number of aromatic amines is 1. The van der Waals surface area contributed by atoms with E-state index in [2.05, 4.69) is 91.3 Å². The van der Waals surface area contributed by atoms with Gasteiger partial charge < -0.3 is 57.2 Å². The van der Waals surface area contributed by atoms with Gasteiger partial charge in [-0.15, -0.1) is 0 Å². The zero-order valence-electron chi connectivity index (χ0n) is 79.8. The Labute approximate surface area is 839 Å². The van der Waals surface area contributed by atoms with Gasteiger partial charge in [0, 0.05) is 137 Å². The summed E-state index contributed by atoms with van der Waals surface area (Å²) < 4.78 is 80.7. The average Bonchev–Trinajstić information content (AvgIpc) is 1.64. The molecule has 37 heteroatoms. The van der Waals surface area contributed by atoms with Gasteiger partial charge in [-0.3, -0.25) is 5.10 Å². The van der Waals surface area contributed by atoms with Crippen LogP contribution in [0.5, 0.6) is 0 Å². The second kappa shape index (κ2) is 46.3. The zero-order chi connectivity index (χ0) is 97.1. The molecule has 135 heavy (non-hydrogen) atoms. The summed E-state index contributed by atoms with van der Waals surface area (Å²) in [6, 6.07) is 19.7. The molecule has 10 aromatic rings. The van der Waals surface area contributed by atoms with Crippen molar-refractivity contribution in [3.63, 3.8) is 0 Å². The van der Waals surface area contributed by atoms with Crippen molar-refractivity contribution in [3.8, 4) is 0 Å². The first-order valence-electron chi connectivity index (χ1n) is 47.0. The number of H-pyrrole nitrogens is 1. The van der Waals surface area contributed by atoms with Crippen molar-refractivity contribution in [2.24, 2.45) is 0 Å². The topological polar surface area (TPSA) is 278 Å². The van der Waals surface area contributed by atoms with Gasteiger partial charge in [-0.2, -0.15) is 25.5 Å². The summed E-state index contributed by atoms with van der Waals surface area (Å²) in [5.41, 5.74) is 9.04. The van der Waals surface area contributed by atoms with Crippen molar-refractivity contribution in [3.05, 3.63) is 160 Å². The Morgan fingerprint density at radius 2 is 0.793 bits per heavy atom. The van der Waals surface area contributed by atoms with Gasteiger partial charge in [0.05, 0.1) is 76.0 Å². The number of benzene rings is 5. The van der Waals surface area contributed by atoms with Crippen molar-refractivity contribution >= 4 is 195 Å². The molecule has 13 heterocycles. The van der Waals surface area contributed by atoms with Crippen molar-refractivity contribution < 1.29 is 65.3 Å². The van der Waals surface area contributed by atoms with Crippen LogP contribution in [-0.4, -0.2) is 198 Å². The summed E-state index contributed by atoms with van der Waals surface area (Å²) in [7, 11) is 0.994. The Balaban J connectivity index is 0.000000138. The number of amides is 3. The normalized spacial score (nSPS) is 20.8. The van der Waals surface area contributed by atoms with Crippen LogP contribution in [0.15, 0.2) is 118 Å². The van der Waals surface area contributed by atoms with E-state index in [1.54, 1.807) is 16.0 Å². The molecule has 5 aromatic heterocycles. The number of carbonyl (C=O) groups excluding carboxylic acids is 3. The van der Waals surface area contributed by atoms with Gasteiger partial charge in [0.1, 0.15) is 16.8 Å². The minimum atomic E-state index is -3.19. The molecule has 9 aliphatic rings. The average molecular weight is 2130 g/mol. The van der Waals surface area contributed by atoms with Crippen molar-refractivity contribution in [2.75, 3.05) is 72.0 Å². The number of ether oxygens (including phenoxy) is 7. The highest BCUT2D eigenvalue weighted by molar-refractivity contribution is 9.11. The first-order chi connectivity index (χ1) is 63.9. The Bertz CT molecular complexity index is 5910. The summed E-state index contributed by atoms with van der Waals surface area (Å²) in [5.74, 6) is 0.986. The van der Waals surface area contributed by atoms with E-state index in [4.69, 9.17) is 100 Å². The molecule has 1 N–H and O–H groups in total. The van der Waals surface area contributed by atoms with E-state index in [0.717, 1.165) is 202 Å². The number of carbonyl (C=O) groups is 3. The van der Waals surface area contributed by atoms with Gasteiger partial charge in [0.15, 0.2) is 24.9 Å². The van der Waals surface area contributed by atoms with Gasteiger partial charge in [-0.25, -0.2) is 41.5 Å². The fraction of sp³-hybridized carbons (Fsp3) is 0.571. The second-order valence-electron chi connectivity index (χ2n) is 39.6. The Morgan fingerprint density at radius 1 is 0.437 bits per heavy atom. The van der Waals surface area contributed by atoms with E-state index < -0.39 is 25.9 Å². The summed E-state index contributed by atoms with van der Waals surface area (Å²) in [6.07, 6.45) is 36.9. The Hall–Kier alpha value is -6.79. The highest BCUT2D eigenvalue weighted by atomic mass is 79.9. The third kappa shape index (κ3) is 28.8. The molecule has 27 nitrogen and oxygen atoms in total. The first-order valence-corrected chi connectivity index (χ1v) is 53.2. The van der Waals surface area contributed by atoms with Crippen LogP contribution in [0.1, 0.15) is 278 Å². The molecule has 3 amide bonds. The maximum absolute atomic E-state index is 12.4. The molecule has 4 unspecified atom stereocenters. The number of aromatic nitrogens is 10. The fourth-order valence-corrected chi connectivity index (χ4v) is 20.3. The summed E-state index contributed by atoms with van der Waals surface area (Å²) in [6.45, 7) is 32.0. The van der Waals surface area contributed by atoms with Crippen LogP contribution in [0.4, 0.5) is 14.4 Å². The predicted molar refractivity (Wildman–Crippen MR) is 544 cm³/mol. The minimum absolute atomic E-state index is 0.0124. The number of rotatable bonds is 8. The van der Waals surface area contributed by atoms with Crippen LogP contribution >= 0.6 is 101 Å². The van der Waals surface area contributed by atoms with Crippen molar-refractivity contribution in [1.82, 2.24) is 64.0 Å². The minimum Gasteiger partial charge on any atom is -0.444 e. The lowest BCUT2D eigenvalue weighted by Crippen LogP contribution is -2.41. The summed E-state index contributed by atoms with van der Waals surface area (Å²) in [4.78, 5) is 42.0. The molecule has 0 radical (unpaired) electrons. The van der Waals surface area contributed by atoms with Gasteiger partial charge in [0.2, 0.25) is 9.05 Å². The Kier molecular flexibility index (Phi) is 36.2. The van der Waals surface area contributed by atoms with E-state index >= 15 is 0 Å². The molecule has 7 fully saturated rings. The molecule has 0 spiro atoms. The lowest BCUT2D eigenvalue weighted by Gasteiger charge is -2.34. The number of nitrogens with one attached hydrogen (secondary N) is 1. The van der Waals surface area contributed by atoms with Crippen molar-refractivity contribution in [1.29, 1.82) is 0 Å². The molecule has 19 rings (SSSR count). The van der Waals surface area contributed by atoms with Gasteiger partial charge in [0.25, 0.3) is 0 Å². The summed E-state index contributed by atoms with van der Waals surface area (Å²) >= 11 is 38.2. The Morgan fingerprint density at radius 3 is 1.19 bits per heavy atom. The zero-order valence-corrected chi connectivity index (χ0v) is 88.3. The van der Waals surface area contributed by atoms with Crippen molar-refractivity contribution in [2.45, 2.75) is 290 Å². The lowest BCUT2D eigenvalue weighted by atomic mass is 9.75. The lowest BCUT2D eigenvalue weighted by molar-refractivity contribution is -0.0367. The van der Waals surface area contributed by atoms with Crippen LogP contribution in [0, 0.1) is 0 Å². The molecule has 734 valence electrons. The number of nitrogens with zero attached hydrogens (tertiary/aromatic N) is 12. The van der Waals surface area contributed by atoms with Crippen LogP contribution < -0.4 is 0 Å². The number of hydrogen-bond donors (Lipinski definition) is 1. The van der Waals surface area contributed by atoms with Crippen LogP contribution in [0.3, 0.4) is 0 Å². The molecule has 1 saturated carbocycles. The van der Waals surface area contributed by atoms with E-state index in [0.29, 0.717) is 66.2 Å². The maximum atomic E-state index is 12.4. The van der Waals surface area contributed by atoms with E-state index in [1.165, 1.54) is 67.0 Å². The van der Waals surface area contributed by atoms with Crippen LogP contribution in [-0.2, 0) is 51.5 Å². The standard InChI is InChI=1S/C22H30ClN3O3.C22H28ClN3O3.C18H23ClN2O.C16H28BNO4.C12H12BrClN2O.C7H4BrClN2.CH3ClO2S/c2*1-22(2,3)29-21(27)25-9-7-15(8-10-25)17-12-16(23)13-19-18(17)14-24-26(19)20-6-4-5-11-28-20;19-14-10-15(13-6-2-1-3-7-13)16-12-20-21(17(16)11-14)18-8-4-5-9-22-18;1-14(2,3)20-13(19)18-10-8-12(9-11-18)17-21-15(4,5)16(6,7)22-17;13-10-5-8(14)6-11-9(10)7-15-16(11)12-3-1-2-4-17-12;8-6-1-4(9)2-7-5(6)3-10-11-7;1-5(2,3)4/h12-15,20H,4-11H2,1-3H3;7,12-14,20H,4-6,8-11H2,1-3H3;10-13,18H,1-9H2;8H,9-11H2,1-7H3;5-7,12H,1-4H2;1-3H,(H,10,11);1H3. The predicted octanol–water partition coefficient (Wildman–Crippen LogP) is 26.9. The molecule has 0 bridgehead atoms. The van der Waals surface area contributed by atoms with Gasteiger partial charge in [-0.05, 0) is 338 Å². The van der Waals surface area contributed by atoms with Gasteiger partial charge in [-0.1, -0.05) is 89.4 Å². The number of piperidine rings is 1. The van der Waals surface area contributed by atoms with E-state index in [-0.39, 0.29) is 61.5 Å². The molecular weight excluding hydrogens is 2000 g/mol. The quantitative estimate of drug-likeness (QED) is 0.0840.